The molecule has 0 aromatic heterocycles. The number of benzene rings is 1. The predicted molar refractivity (Wildman–Crippen MR) is 56.8 cm³/mol. The molecule has 0 spiro atoms. The SMILES string of the molecule is O=C(Cl)OCCOc1cccc(Br)c1. The second kappa shape index (κ2) is 5.88. The summed E-state index contributed by atoms with van der Waals surface area (Å²) in [5, 5.41) is 0. The normalized spacial score (nSPS) is 9.57. The van der Waals surface area contributed by atoms with Crippen LogP contribution in [-0.4, -0.2) is 18.6 Å². The third-order valence-corrected chi connectivity index (χ3v) is 1.97. The van der Waals surface area contributed by atoms with Crippen molar-refractivity contribution in [3.05, 3.63) is 28.7 Å². The molecule has 0 heterocycles. The van der Waals surface area contributed by atoms with Gasteiger partial charge < -0.3 is 9.47 Å². The van der Waals surface area contributed by atoms with E-state index >= 15 is 0 Å². The Kier molecular flexibility index (Phi) is 4.76. The Morgan fingerprint density at radius 2 is 2.21 bits per heavy atom. The summed E-state index contributed by atoms with van der Waals surface area (Å²) in [6.07, 6.45) is 0. The predicted octanol–water partition coefficient (Wildman–Crippen LogP) is 3.20. The average molecular weight is 280 g/mol. The van der Waals surface area contributed by atoms with Gasteiger partial charge in [0.25, 0.3) is 0 Å². The molecule has 0 saturated carbocycles. The number of halogens is 2. The maximum atomic E-state index is 10.2. The van der Waals surface area contributed by atoms with E-state index in [2.05, 4.69) is 20.7 Å². The number of ether oxygens (including phenoxy) is 2. The first-order valence-electron chi connectivity index (χ1n) is 3.89. The zero-order valence-corrected chi connectivity index (χ0v) is 9.55. The lowest BCUT2D eigenvalue weighted by Gasteiger charge is -2.05. The minimum Gasteiger partial charge on any atom is -0.490 e. The van der Waals surface area contributed by atoms with Crippen molar-refractivity contribution in [3.8, 4) is 5.75 Å². The van der Waals surface area contributed by atoms with Gasteiger partial charge in [0.1, 0.15) is 19.0 Å². The fourth-order valence-electron chi connectivity index (χ4n) is 0.838. The Hall–Kier alpha value is -0.740. The van der Waals surface area contributed by atoms with Crippen LogP contribution in [0.3, 0.4) is 0 Å². The van der Waals surface area contributed by atoms with E-state index in [0.717, 1.165) is 4.47 Å². The lowest BCUT2D eigenvalue weighted by molar-refractivity contribution is 0.147. The van der Waals surface area contributed by atoms with Crippen LogP contribution in [0.15, 0.2) is 28.7 Å². The van der Waals surface area contributed by atoms with Crippen LogP contribution in [0.5, 0.6) is 5.75 Å². The molecule has 5 heteroatoms. The molecule has 0 aliphatic carbocycles. The summed E-state index contributed by atoms with van der Waals surface area (Å²) < 4.78 is 10.7. The van der Waals surface area contributed by atoms with E-state index in [9.17, 15) is 4.79 Å². The van der Waals surface area contributed by atoms with E-state index < -0.39 is 5.43 Å². The molecular weight excluding hydrogens is 271 g/mol. The van der Waals surface area contributed by atoms with Crippen LogP contribution in [0.25, 0.3) is 0 Å². The fraction of sp³-hybridized carbons (Fsp3) is 0.222. The van der Waals surface area contributed by atoms with E-state index in [4.69, 9.17) is 16.3 Å². The lowest BCUT2D eigenvalue weighted by Crippen LogP contribution is -2.07. The fourth-order valence-corrected chi connectivity index (χ4v) is 1.29. The summed E-state index contributed by atoms with van der Waals surface area (Å²) >= 11 is 8.27. The molecule has 0 N–H and O–H groups in total. The molecule has 0 amide bonds. The van der Waals surface area contributed by atoms with Crippen molar-refractivity contribution in [1.29, 1.82) is 0 Å². The highest BCUT2D eigenvalue weighted by Crippen LogP contribution is 2.17. The Bertz CT molecular complexity index is 317. The van der Waals surface area contributed by atoms with Gasteiger partial charge in [-0.15, -0.1) is 0 Å². The van der Waals surface area contributed by atoms with Crippen molar-refractivity contribution in [1.82, 2.24) is 0 Å². The molecule has 0 atom stereocenters. The van der Waals surface area contributed by atoms with Crippen molar-refractivity contribution in [2.24, 2.45) is 0 Å². The summed E-state index contributed by atoms with van der Waals surface area (Å²) in [5.74, 6) is 0.713. The number of hydrogen-bond acceptors (Lipinski definition) is 3. The van der Waals surface area contributed by atoms with Gasteiger partial charge in [0.05, 0.1) is 0 Å². The number of carbonyl (C=O) groups excluding carboxylic acids is 1. The van der Waals surface area contributed by atoms with Gasteiger partial charge in [-0.25, -0.2) is 4.79 Å². The highest BCUT2D eigenvalue weighted by atomic mass is 79.9. The zero-order valence-electron chi connectivity index (χ0n) is 7.20. The molecule has 0 saturated heterocycles. The second-order valence-corrected chi connectivity index (χ2v) is 3.62. The van der Waals surface area contributed by atoms with Crippen LogP contribution < -0.4 is 4.74 Å². The van der Waals surface area contributed by atoms with Gasteiger partial charge in [-0.05, 0) is 18.2 Å². The van der Waals surface area contributed by atoms with Crippen LogP contribution in [0, 0.1) is 0 Å². The largest absolute Gasteiger partial charge is 0.490 e. The average Bonchev–Trinajstić information content (AvgIpc) is 2.12. The first-order chi connectivity index (χ1) is 6.68. The molecule has 3 nitrogen and oxygen atoms in total. The topological polar surface area (TPSA) is 35.5 Å². The minimum atomic E-state index is -0.817. The van der Waals surface area contributed by atoms with E-state index in [-0.39, 0.29) is 13.2 Å². The molecule has 76 valence electrons. The molecule has 0 aliphatic rings. The molecule has 14 heavy (non-hydrogen) atoms. The highest BCUT2D eigenvalue weighted by molar-refractivity contribution is 9.10. The van der Waals surface area contributed by atoms with Gasteiger partial charge in [0, 0.05) is 16.1 Å². The van der Waals surface area contributed by atoms with Gasteiger partial charge in [-0.2, -0.15) is 0 Å². The quantitative estimate of drug-likeness (QED) is 0.627. The van der Waals surface area contributed by atoms with Crippen molar-refractivity contribution in [2.75, 3.05) is 13.2 Å². The molecule has 1 aromatic carbocycles. The third kappa shape index (κ3) is 4.48. The van der Waals surface area contributed by atoms with E-state index in [1.54, 1.807) is 0 Å². The van der Waals surface area contributed by atoms with Gasteiger partial charge in [-0.3, -0.25) is 0 Å². The maximum absolute atomic E-state index is 10.2. The van der Waals surface area contributed by atoms with Gasteiger partial charge in [0.15, 0.2) is 0 Å². The van der Waals surface area contributed by atoms with Gasteiger partial charge in [-0.1, -0.05) is 22.0 Å². The summed E-state index contributed by atoms with van der Waals surface area (Å²) in [7, 11) is 0. The van der Waals surface area contributed by atoms with Crippen LogP contribution in [0.4, 0.5) is 4.79 Å². The van der Waals surface area contributed by atoms with Crippen molar-refractivity contribution >= 4 is 33.0 Å². The minimum absolute atomic E-state index is 0.148. The summed E-state index contributed by atoms with van der Waals surface area (Å²) in [6, 6.07) is 7.38. The Morgan fingerprint density at radius 1 is 1.43 bits per heavy atom. The number of carbonyl (C=O) groups is 1. The van der Waals surface area contributed by atoms with Crippen molar-refractivity contribution in [3.63, 3.8) is 0 Å². The third-order valence-electron chi connectivity index (χ3n) is 1.36. The molecule has 0 aliphatic heterocycles. The molecule has 1 rings (SSSR count). The summed E-state index contributed by atoms with van der Waals surface area (Å²) in [5.41, 5.74) is -0.817. The smallest absolute Gasteiger partial charge is 0.403 e. The molecular formula is C9H8BrClO3. The van der Waals surface area contributed by atoms with Gasteiger partial charge in [0.2, 0.25) is 0 Å². The van der Waals surface area contributed by atoms with Crippen LogP contribution in [-0.2, 0) is 4.74 Å². The van der Waals surface area contributed by atoms with Crippen LogP contribution in [0.2, 0.25) is 0 Å². The Morgan fingerprint density at radius 3 is 2.86 bits per heavy atom. The monoisotopic (exact) mass is 278 g/mol. The molecule has 0 fully saturated rings. The zero-order chi connectivity index (χ0) is 10.4. The highest BCUT2D eigenvalue weighted by Gasteiger charge is 1.97. The van der Waals surface area contributed by atoms with Crippen molar-refractivity contribution < 1.29 is 14.3 Å². The molecule has 0 radical (unpaired) electrons. The Balaban J connectivity index is 2.28. The number of rotatable bonds is 4. The molecule has 0 bridgehead atoms. The van der Waals surface area contributed by atoms with E-state index in [0.29, 0.717) is 5.75 Å². The van der Waals surface area contributed by atoms with E-state index in [1.807, 2.05) is 24.3 Å². The standard InChI is InChI=1S/C9H8BrClO3/c10-7-2-1-3-8(6-7)13-4-5-14-9(11)12/h1-3,6H,4-5H2. The number of hydrogen-bond donors (Lipinski definition) is 0. The first kappa shape index (κ1) is 11.3. The first-order valence-corrected chi connectivity index (χ1v) is 5.06. The lowest BCUT2D eigenvalue weighted by atomic mass is 10.3. The summed E-state index contributed by atoms with van der Waals surface area (Å²) in [6.45, 7) is 0.434. The summed E-state index contributed by atoms with van der Waals surface area (Å²) in [4.78, 5) is 10.2. The van der Waals surface area contributed by atoms with E-state index in [1.165, 1.54) is 0 Å². The van der Waals surface area contributed by atoms with Crippen LogP contribution >= 0.6 is 27.5 Å². The van der Waals surface area contributed by atoms with Gasteiger partial charge >= 0.3 is 5.43 Å². The molecule has 0 unspecified atom stereocenters. The second-order valence-electron chi connectivity index (χ2n) is 2.39. The van der Waals surface area contributed by atoms with Crippen molar-refractivity contribution in [2.45, 2.75) is 0 Å². The molecule has 1 aromatic rings. The maximum Gasteiger partial charge on any atom is 0.403 e. The van der Waals surface area contributed by atoms with Crippen LogP contribution in [0.1, 0.15) is 0 Å². The Labute approximate surface area is 95.1 Å².